The molecule has 0 saturated heterocycles. The highest BCUT2D eigenvalue weighted by molar-refractivity contribution is 6.06. The third-order valence-corrected chi connectivity index (χ3v) is 2.92. The molecule has 0 spiro atoms. The number of carbonyl (C=O) groups excluding carboxylic acids is 1. The summed E-state index contributed by atoms with van der Waals surface area (Å²) in [6, 6.07) is 15.2. The number of benzene rings is 2. The summed E-state index contributed by atoms with van der Waals surface area (Å²) in [5.74, 6) is 0.779. The summed E-state index contributed by atoms with van der Waals surface area (Å²) in [5, 5.41) is 0. The molecule has 0 radical (unpaired) electrons. The molecular weight excluding hydrogens is 248 g/mol. The molecule has 0 bridgehead atoms. The quantitative estimate of drug-likeness (QED) is 0.596. The van der Waals surface area contributed by atoms with Gasteiger partial charge in [-0.1, -0.05) is 35.9 Å². The van der Waals surface area contributed by atoms with E-state index in [1.54, 1.807) is 18.2 Å². The van der Waals surface area contributed by atoms with E-state index in [0.717, 1.165) is 11.3 Å². The minimum absolute atomic E-state index is 0.00504. The number of hydrogen-bond acceptors (Lipinski definition) is 2. The first-order valence-electron chi connectivity index (χ1n) is 6.71. The maximum absolute atomic E-state index is 12.0. The summed E-state index contributed by atoms with van der Waals surface area (Å²) in [4.78, 5) is 12.0. The molecule has 2 aromatic rings. The molecule has 0 aliphatic rings. The monoisotopic (exact) mass is 266 g/mol. The van der Waals surface area contributed by atoms with E-state index in [1.807, 2.05) is 56.3 Å². The zero-order valence-corrected chi connectivity index (χ0v) is 11.8. The number of aryl methyl sites for hydroxylation is 1. The smallest absolute Gasteiger partial charge is 0.185 e. The molecule has 0 atom stereocenters. The van der Waals surface area contributed by atoms with E-state index >= 15 is 0 Å². The normalized spacial score (nSPS) is 10.7. The van der Waals surface area contributed by atoms with Crippen molar-refractivity contribution in [2.24, 2.45) is 0 Å². The fourth-order valence-corrected chi connectivity index (χ4v) is 1.92. The number of allylic oxidation sites excluding steroid dienone is 1. The van der Waals surface area contributed by atoms with E-state index in [4.69, 9.17) is 4.74 Å². The fraction of sp³-hybridized carbons (Fsp3) is 0.167. The van der Waals surface area contributed by atoms with E-state index in [2.05, 4.69) is 0 Å². The van der Waals surface area contributed by atoms with Crippen LogP contribution in [0.3, 0.4) is 0 Å². The second-order valence-electron chi connectivity index (χ2n) is 4.57. The summed E-state index contributed by atoms with van der Waals surface area (Å²) in [6.07, 6.45) is 3.44. The third-order valence-electron chi connectivity index (χ3n) is 2.92. The SMILES string of the molecule is CCOc1ccc(C(=O)C=Cc2cccc(C)c2)cc1. The first kappa shape index (κ1) is 14.1. The Morgan fingerprint density at radius 2 is 1.90 bits per heavy atom. The molecule has 2 rings (SSSR count). The second-order valence-corrected chi connectivity index (χ2v) is 4.57. The Labute approximate surface area is 119 Å². The summed E-state index contributed by atoms with van der Waals surface area (Å²) in [5.41, 5.74) is 2.88. The van der Waals surface area contributed by atoms with Gasteiger partial charge in [0.1, 0.15) is 5.75 Å². The van der Waals surface area contributed by atoms with Crippen LogP contribution < -0.4 is 4.74 Å². The minimum Gasteiger partial charge on any atom is -0.494 e. The van der Waals surface area contributed by atoms with Gasteiger partial charge < -0.3 is 4.74 Å². The molecule has 20 heavy (non-hydrogen) atoms. The molecule has 102 valence electrons. The van der Waals surface area contributed by atoms with Gasteiger partial charge in [0.25, 0.3) is 0 Å². The van der Waals surface area contributed by atoms with Gasteiger partial charge in [-0.3, -0.25) is 4.79 Å². The molecule has 0 aliphatic carbocycles. The van der Waals surface area contributed by atoms with Crippen LogP contribution in [0.1, 0.15) is 28.4 Å². The zero-order valence-electron chi connectivity index (χ0n) is 11.8. The van der Waals surface area contributed by atoms with Crippen molar-refractivity contribution >= 4 is 11.9 Å². The fourth-order valence-electron chi connectivity index (χ4n) is 1.92. The Morgan fingerprint density at radius 1 is 1.15 bits per heavy atom. The lowest BCUT2D eigenvalue weighted by Crippen LogP contribution is -1.95. The predicted molar refractivity (Wildman–Crippen MR) is 82.2 cm³/mol. The Balaban J connectivity index is 2.07. The standard InChI is InChI=1S/C18H18O2/c1-3-20-17-10-8-16(9-11-17)18(19)12-7-15-6-4-5-14(2)13-15/h4-13H,3H2,1-2H3. The highest BCUT2D eigenvalue weighted by Crippen LogP contribution is 2.13. The van der Waals surface area contributed by atoms with E-state index in [1.165, 1.54) is 5.56 Å². The number of carbonyl (C=O) groups is 1. The Hall–Kier alpha value is -2.35. The van der Waals surface area contributed by atoms with Gasteiger partial charge >= 0.3 is 0 Å². The number of ketones is 1. The van der Waals surface area contributed by atoms with E-state index in [0.29, 0.717) is 12.2 Å². The van der Waals surface area contributed by atoms with Gasteiger partial charge in [0.2, 0.25) is 0 Å². The van der Waals surface area contributed by atoms with Gasteiger partial charge in [0, 0.05) is 5.56 Å². The Kier molecular flexibility index (Phi) is 4.72. The maximum atomic E-state index is 12.0. The van der Waals surface area contributed by atoms with Crippen LogP contribution in [0.25, 0.3) is 6.08 Å². The van der Waals surface area contributed by atoms with E-state index in [-0.39, 0.29) is 5.78 Å². The number of hydrogen-bond donors (Lipinski definition) is 0. The van der Waals surface area contributed by atoms with Crippen LogP contribution in [-0.2, 0) is 0 Å². The molecule has 0 saturated carbocycles. The average Bonchev–Trinajstić information content (AvgIpc) is 2.46. The molecule has 2 heteroatoms. The van der Waals surface area contributed by atoms with Crippen LogP contribution in [0, 0.1) is 6.92 Å². The first-order chi connectivity index (χ1) is 9.69. The molecule has 2 nitrogen and oxygen atoms in total. The third kappa shape index (κ3) is 3.82. The van der Waals surface area contributed by atoms with Crippen molar-refractivity contribution in [3.63, 3.8) is 0 Å². The average molecular weight is 266 g/mol. The van der Waals surface area contributed by atoms with Crippen molar-refractivity contribution in [2.45, 2.75) is 13.8 Å². The highest BCUT2D eigenvalue weighted by Gasteiger charge is 2.02. The van der Waals surface area contributed by atoms with Crippen molar-refractivity contribution in [3.8, 4) is 5.75 Å². The van der Waals surface area contributed by atoms with Crippen molar-refractivity contribution in [1.29, 1.82) is 0 Å². The van der Waals surface area contributed by atoms with Crippen LogP contribution in [0.2, 0.25) is 0 Å². The van der Waals surface area contributed by atoms with Crippen LogP contribution in [0.15, 0.2) is 54.6 Å². The molecule has 0 fully saturated rings. The van der Waals surface area contributed by atoms with Crippen molar-refractivity contribution in [2.75, 3.05) is 6.61 Å². The van der Waals surface area contributed by atoms with Crippen LogP contribution in [0.5, 0.6) is 5.75 Å². The predicted octanol–water partition coefficient (Wildman–Crippen LogP) is 4.29. The number of rotatable bonds is 5. The summed E-state index contributed by atoms with van der Waals surface area (Å²) in [6.45, 7) is 4.59. The van der Waals surface area contributed by atoms with Gasteiger partial charge in [-0.2, -0.15) is 0 Å². The van der Waals surface area contributed by atoms with E-state index < -0.39 is 0 Å². The van der Waals surface area contributed by atoms with E-state index in [9.17, 15) is 4.79 Å². The maximum Gasteiger partial charge on any atom is 0.185 e. The lowest BCUT2D eigenvalue weighted by molar-refractivity contribution is 0.104. The number of ether oxygens (including phenoxy) is 1. The van der Waals surface area contributed by atoms with Crippen molar-refractivity contribution in [3.05, 3.63) is 71.3 Å². The van der Waals surface area contributed by atoms with Crippen LogP contribution >= 0.6 is 0 Å². The van der Waals surface area contributed by atoms with Crippen molar-refractivity contribution in [1.82, 2.24) is 0 Å². The topological polar surface area (TPSA) is 26.3 Å². The van der Waals surface area contributed by atoms with Gasteiger partial charge in [0.05, 0.1) is 6.61 Å². The molecule has 2 aromatic carbocycles. The van der Waals surface area contributed by atoms with Crippen molar-refractivity contribution < 1.29 is 9.53 Å². The van der Waals surface area contributed by atoms with Gasteiger partial charge in [0.15, 0.2) is 5.78 Å². The summed E-state index contributed by atoms with van der Waals surface area (Å²) in [7, 11) is 0. The molecule has 0 N–H and O–H groups in total. The van der Waals surface area contributed by atoms with Gasteiger partial charge in [-0.25, -0.2) is 0 Å². The van der Waals surface area contributed by atoms with Gasteiger partial charge in [-0.15, -0.1) is 0 Å². The molecule has 0 aromatic heterocycles. The molecule has 0 amide bonds. The zero-order chi connectivity index (χ0) is 14.4. The lowest BCUT2D eigenvalue weighted by Gasteiger charge is -2.02. The second kappa shape index (κ2) is 6.71. The minimum atomic E-state index is -0.00504. The molecule has 0 heterocycles. The van der Waals surface area contributed by atoms with Gasteiger partial charge in [-0.05, 0) is 49.8 Å². The summed E-state index contributed by atoms with van der Waals surface area (Å²) >= 11 is 0. The molecule has 0 unspecified atom stereocenters. The molecular formula is C18H18O2. The molecule has 0 aliphatic heterocycles. The highest BCUT2D eigenvalue weighted by atomic mass is 16.5. The van der Waals surface area contributed by atoms with Crippen LogP contribution in [0.4, 0.5) is 0 Å². The first-order valence-corrected chi connectivity index (χ1v) is 6.71. The largest absolute Gasteiger partial charge is 0.494 e. The Morgan fingerprint density at radius 3 is 2.55 bits per heavy atom. The Bertz CT molecular complexity index is 610. The summed E-state index contributed by atoms with van der Waals surface area (Å²) < 4.78 is 5.35. The van der Waals surface area contributed by atoms with Crippen LogP contribution in [-0.4, -0.2) is 12.4 Å². The lowest BCUT2D eigenvalue weighted by atomic mass is 10.1.